The molecule has 0 fully saturated rings. The summed E-state index contributed by atoms with van der Waals surface area (Å²) in [5.41, 5.74) is 0.390. The fourth-order valence-electron chi connectivity index (χ4n) is 1.41. The maximum absolute atomic E-state index is 11.8. The van der Waals surface area contributed by atoms with Gasteiger partial charge >= 0.3 is 12.0 Å². The number of rotatable bonds is 5. The Hall–Kier alpha value is -1.75. The third kappa shape index (κ3) is 5.09. The van der Waals surface area contributed by atoms with Crippen LogP contribution in [0, 0.1) is 5.41 Å². The molecule has 0 aliphatic heterocycles. The van der Waals surface area contributed by atoms with Crippen molar-refractivity contribution in [3.05, 3.63) is 28.8 Å². The Morgan fingerprint density at radius 2 is 1.95 bits per heavy atom. The summed E-state index contributed by atoms with van der Waals surface area (Å²) in [4.78, 5) is 22.7. The fraction of sp³-hybridized carbons (Fsp3) is 0.429. The topological polar surface area (TPSA) is 78.4 Å². The molecule has 5 nitrogen and oxygen atoms in total. The zero-order valence-electron chi connectivity index (χ0n) is 11.8. The first-order valence-electron chi connectivity index (χ1n) is 6.32. The molecule has 0 aromatic heterocycles. The molecule has 1 aromatic rings. The lowest BCUT2D eigenvalue weighted by molar-refractivity contribution is 0.0697. The van der Waals surface area contributed by atoms with Crippen LogP contribution in [0.4, 0.5) is 10.5 Å². The van der Waals surface area contributed by atoms with Crippen LogP contribution in [0.15, 0.2) is 18.2 Å². The van der Waals surface area contributed by atoms with Gasteiger partial charge in [0.25, 0.3) is 0 Å². The van der Waals surface area contributed by atoms with Crippen LogP contribution in [0.3, 0.4) is 0 Å². The average Bonchev–Trinajstić information content (AvgIpc) is 2.36. The van der Waals surface area contributed by atoms with E-state index in [0.29, 0.717) is 12.2 Å². The molecule has 20 heavy (non-hydrogen) atoms. The number of benzene rings is 1. The predicted molar refractivity (Wildman–Crippen MR) is 79.5 cm³/mol. The number of nitrogens with one attached hydrogen (secondary N) is 2. The van der Waals surface area contributed by atoms with Gasteiger partial charge in [-0.3, -0.25) is 0 Å². The third-order valence-corrected chi connectivity index (χ3v) is 3.31. The van der Waals surface area contributed by atoms with Crippen molar-refractivity contribution in [2.45, 2.75) is 27.2 Å². The van der Waals surface area contributed by atoms with Gasteiger partial charge in [0.05, 0.1) is 5.56 Å². The van der Waals surface area contributed by atoms with E-state index >= 15 is 0 Å². The summed E-state index contributed by atoms with van der Waals surface area (Å²) in [7, 11) is 0. The number of halogens is 1. The lowest BCUT2D eigenvalue weighted by atomic mass is 9.90. The molecule has 2 amide bonds. The maximum Gasteiger partial charge on any atom is 0.335 e. The summed E-state index contributed by atoms with van der Waals surface area (Å²) in [6.07, 6.45) is 0.938. The summed E-state index contributed by atoms with van der Waals surface area (Å²) >= 11 is 5.81. The first-order chi connectivity index (χ1) is 9.23. The second-order valence-electron chi connectivity index (χ2n) is 5.36. The van der Waals surface area contributed by atoms with Gasteiger partial charge in [0.1, 0.15) is 0 Å². The van der Waals surface area contributed by atoms with Crippen molar-refractivity contribution in [1.29, 1.82) is 0 Å². The maximum atomic E-state index is 11.8. The number of hydrogen-bond acceptors (Lipinski definition) is 2. The molecule has 0 bridgehead atoms. The molecule has 0 saturated heterocycles. The molecule has 0 heterocycles. The second-order valence-corrected chi connectivity index (χ2v) is 5.80. The van der Waals surface area contributed by atoms with Crippen LogP contribution in [0.2, 0.25) is 5.02 Å². The first-order valence-corrected chi connectivity index (χ1v) is 6.70. The van der Waals surface area contributed by atoms with Crippen molar-refractivity contribution in [2.24, 2.45) is 5.41 Å². The van der Waals surface area contributed by atoms with Crippen molar-refractivity contribution in [1.82, 2.24) is 5.32 Å². The number of urea groups is 1. The molecule has 0 unspecified atom stereocenters. The summed E-state index contributed by atoms with van der Waals surface area (Å²) in [5.74, 6) is -1.09. The zero-order chi connectivity index (χ0) is 15.3. The summed E-state index contributed by atoms with van der Waals surface area (Å²) < 4.78 is 0. The highest BCUT2D eigenvalue weighted by molar-refractivity contribution is 6.31. The molecule has 0 saturated carbocycles. The molecule has 3 N–H and O–H groups in total. The van der Waals surface area contributed by atoms with Crippen LogP contribution in [0.5, 0.6) is 0 Å². The van der Waals surface area contributed by atoms with E-state index in [1.807, 2.05) is 0 Å². The smallest absolute Gasteiger partial charge is 0.335 e. The normalized spacial score (nSPS) is 11.0. The molecular weight excluding hydrogens is 280 g/mol. The van der Waals surface area contributed by atoms with E-state index in [-0.39, 0.29) is 22.0 Å². The minimum absolute atomic E-state index is 0.0118. The Morgan fingerprint density at radius 3 is 2.50 bits per heavy atom. The minimum atomic E-state index is -1.09. The Bertz CT molecular complexity index is 515. The number of carboxylic acid groups (broad SMARTS) is 1. The highest BCUT2D eigenvalue weighted by Gasteiger charge is 2.16. The number of aromatic carboxylic acids is 1. The molecule has 0 aliphatic carbocycles. The molecule has 0 radical (unpaired) electrons. The van der Waals surface area contributed by atoms with Gasteiger partial charge in [-0.1, -0.05) is 32.4 Å². The van der Waals surface area contributed by atoms with E-state index in [1.54, 1.807) is 0 Å². The number of carboxylic acids is 1. The SMILES string of the molecule is CCC(C)(C)CNC(=O)Nc1cc(Cl)cc(C(=O)O)c1. The highest BCUT2D eigenvalue weighted by Crippen LogP contribution is 2.20. The van der Waals surface area contributed by atoms with Crippen molar-refractivity contribution >= 4 is 29.3 Å². The lowest BCUT2D eigenvalue weighted by Gasteiger charge is -2.22. The van der Waals surface area contributed by atoms with Crippen LogP contribution in [-0.2, 0) is 0 Å². The van der Waals surface area contributed by atoms with Gasteiger partial charge in [0.2, 0.25) is 0 Å². The van der Waals surface area contributed by atoms with E-state index in [9.17, 15) is 9.59 Å². The van der Waals surface area contributed by atoms with Gasteiger partial charge < -0.3 is 15.7 Å². The first kappa shape index (κ1) is 16.3. The van der Waals surface area contributed by atoms with Crippen LogP contribution in [0.25, 0.3) is 0 Å². The number of amides is 2. The fourth-order valence-corrected chi connectivity index (χ4v) is 1.64. The Balaban J connectivity index is 2.69. The summed E-state index contributed by atoms with van der Waals surface area (Å²) in [6.45, 7) is 6.68. The predicted octanol–water partition coefficient (Wildman–Crippen LogP) is 3.60. The number of carbonyl (C=O) groups excluding carboxylic acids is 1. The van der Waals surface area contributed by atoms with E-state index in [2.05, 4.69) is 31.4 Å². The van der Waals surface area contributed by atoms with Crippen molar-refractivity contribution in [3.8, 4) is 0 Å². The van der Waals surface area contributed by atoms with Crippen molar-refractivity contribution in [3.63, 3.8) is 0 Å². The molecule has 6 heteroatoms. The van der Waals surface area contributed by atoms with Gasteiger partial charge in [0, 0.05) is 17.3 Å². The largest absolute Gasteiger partial charge is 0.478 e. The molecule has 110 valence electrons. The molecule has 0 aliphatic rings. The van der Waals surface area contributed by atoms with Gasteiger partial charge in [0.15, 0.2) is 0 Å². The lowest BCUT2D eigenvalue weighted by Crippen LogP contribution is -2.36. The van der Waals surface area contributed by atoms with Crippen LogP contribution in [-0.4, -0.2) is 23.7 Å². The molecule has 1 aromatic carbocycles. The third-order valence-electron chi connectivity index (χ3n) is 3.09. The van der Waals surface area contributed by atoms with Crippen molar-refractivity contribution in [2.75, 3.05) is 11.9 Å². The van der Waals surface area contributed by atoms with Gasteiger partial charge in [-0.25, -0.2) is 9.59 Å². The monoisotopic (exact) mass is 298 g/mol. The van der Waals surface area contributed by atoms with Crippen LogP contribution in [0.1, 0.15) is 37.6 Å². The molecule has 0 spiro atoms. The highest BCUT2D eigenvalue weighted by atomic mass is 35.5. The zero-order valence-corrected chi connectivity index (χ0v) is 12.5. The van der Waals surface area contributed by atoms with E-state index < -0.39 is 5.97 Å². The Morgan fingerprint density at radius 1 is 1.30 bits per heavy atom. The van der Waals surface area contributed by atoms with E-state index in [4.69, 9.17) is 16.7 Å². The minimum Gasteiger partial charge on any atom is -0.478 e. The summed E-state index contributed by atoms with van der Waals surface area (Å²) in [5, 5.41) is 14.5. The summed E-state index contributed by atoms with van der Waals surface area (Å²) in [6, 6.07) is 3.80. The van der Waals surface area contributed by atoms with Crippen molar-refractivity contribution < 1.29 is 14.7 Å². The quantitative estimate of drug-likeness (QED) is 0.777. The van der Waals surface area contributed by atoms with E-state index in [1.165, 1.54) is 18.2 Å². The van der Waals surface area contributed by atoms with E-state index in [0.717, 1.165) is 6.42 Å². The number of carbonyl (C=O) groups is 2. The second kappa shape index (κ2) is 6.61. The molecule has 1 rings (SSSR count). The molecular formula is C14H19ClN2O3. The van der Waals surface area contributed by atoms with Gasteiger partial charge in [-0.05, 0) is 30.0 Å². The van der Waals surface area contributed by atoms with Gasteiger partial charge in [-0.15, -0.1) is 0 Å². The Labute approximate surface area is 123 Å². The Kier molecular flexibility index (Phi) is 5.39. The van der Waals surface area contributed by atoms with Gasteiger partial charge in [-0.2, -0.15) is 0 Å². The van der Waals surface area contributed by atoms with Crippen LogP contribution < -0.4 is 10.6 Å². The standard InChI is InChI=1S/C14H19ClN2O3/c1-4-14(2,3)8-16-13(20)17-11-6-9(12(18)19)5-10(15)7-11/h5-7H,4,8H2,1-3H3,(H,18,19)(H2,16,17,20). The number of hydrogen-bond donors (Lipinski definition) is 3. The number of anilines is 1. The van der Waals surface area contributed by atoms with Crippen LogP contribution >= 0.6 is 11.6 Å². The molecule has 0 atom stereocenters. The average molecular weight is 299 g/mol.